The Morgan fingerprint density at radius 1 is 1.56 bits per heavy atom. The van der Waals surface area contributed by atoms with Crippen molar-refractivity contribution < 1.29 is 4.21 Å². The van der Waals surface area contributed by atoms with E-state index in [1.165, 1.54) is 0 Å². The van der Waals surface area contributed by atoms with Gasteiger partial charge in [0.05, 0.1) is 0 Å². The van der Waals surface area contributed by atoms with Crippen molar-refractivity contribution in [2.75, 3.05) is 6.26 Å². The molecule has 0 fully saturated rings. The fourth-order valence-electron chi connectivity index (χ4n) is 0.441. The first kappa shape index (κ1) is 8.89. The van der Waals surface area contributed by atoms with Crippen molar-refractivity contribution >= 4 is 9.93 Å². The molecule has 9 heavy (non-hydrogen) atoms. The van der Waals surface area contributed by atoms with Gasteiger partial charge in [0.25, 0.3) is 0 Å². The van der Waals surface area contributed by atoms with Crippen LogP contribution < -0.4 is 0 Å². The van der Waals surface area contributed by atoms with Crippen molar-refractivity contribution in [3.8, 4) is 0 Å². The second-order valence-electron chi connectivity index (χ2n) is 2.82. The van der Waals surface area contributed by atoms with Gasteiger partial charge in [-0.25, -0.2) is 0 Å². The molecule has 0 heterocycles. The maximum Gasteiger partial charge on any atom is 0.0103 e. The van der Waals surface area contributed by atoms with Gasteiger partial charge in [-0.15, -0.1) is 0 Å². The van der Waals surface area contributed by atoms with E-state index in [0.29, 0.717) is 0 Å². The van der Waals surface area contributed by atoms with E-state index in [1.54, 1.807) is 6.26 Å². The van der Waals surface area contributed by atoms with Crippen LogP contribution in [0.25, 0.3) is 0 Å². The third-order valence-electron chi connectivity index (χ3n) is 1.74. The Labute approximate surface area is 58.6 Å². The van der Waals surface area contributed by atoms with E-state index >= 15 is 0 Å². The Hall–Kier alpha value is -0.110. The molecule has 0 aliphatic rings. The van der Waals surface area contributed by atoms with Crippen LogP contribution in [0.15, 0.2) is 11.5 Å². The van der Waals surface area contributed by atoms with Crippen LogP contribution in [0.3, 0.4) is 0 Å². The highest BCUT2D eigenvalue weighted by molar-refractivity contribution is 8.06. The van der Waals surface area contributed by atoms with E-state index < -0.39 is 9.93 Å². The molecule has 0 saturated heterocycles. The summed E-state index contributed by atoms with van der Waals surface area (Å²) in [6, 6.07) is 0. The lowest BCUT2D eigenvalue weighted by molar-refractivity contribution is 0.671. The van der Waals surface area contributed by atoms with Gasteiger partial charge in [-0.1, -0.05) is 30.4 Å². The molecule has 0 aromatic carbocycles. The SMILES string of the molecule is C=C(C)[SH](C)(=O)C(C)C. The summed E-state index contributed by atoms with van der Waals surface area (Å²) >= 11 is 0. The van der Waals surface area contributed by atoms with Gasteiger partial charge in [-0.05, 0) is 18.1 Å². The van der Waals surface area contributed by atoms with Crippen molar-refractivity contribution in [3.63, 3.8) is 0 Å². The largest absolute Gasteiger partial charge is 0.281 e. The molecule has 56 valence electrons. The third-order valence-corrected chi connectivity index (χ3v) is 5.23. The van der Waals surface area contributed by atoms with Crippen LogP contribution >= 0.6 is 0 Å². The molecule has 0 aromatic rings. The number of hydrogen-bond donors (Lipinski definition) is 1. The topological polar surface area (TPSA) is 17.1 Å². The zero-order valence-electron chi connectivity index (χ0n) is 6.64. The van der Waals surface area contributed by atoms with Gasteiger partial charge >= 0.3 is 0 Å². The smallest absolute Gasteiger partial charge is 0.0103 e. The molecular formula is C7H16OS. The highest BCUT2D eigenvalue weighted by Crippen LogP contribution is 2.16. The maximum atomic E-state index is 11.5. The van der Waals surface area contributed by atoms with Gasteiger partial charge in [-0.3, -0.25) is 4.21 Å². The van der Waals surface area contributed by atoms with Crippen LogP contribution in [0.5, 0.6) is 0 Å². The molecule has 0 aromatic heterocycles. The second-order valence-corrected chi connectivity index (χ2v) is 6.60. The standard InChI is InChI=1S/C7H16OS/c1-6(2)9(5,8)7(3)4/h7,9H,1H2,2-5H3. The maximum absolute atomic E-state index is 11.5. The van der Waals surface area contributed by atoms with Crippen LogP contribution in [0.2, 0.25) is 0 Å². The number of allylic oxidation sites excluding steroid dienone is 1. The molecule has 0 unspecified atom stereocenters. The fraction of sp³-hybridized carbons (Fsp3) is 0.714. The number of rotatable bonds is 2. The van der Waals surface area contributed by atoms with Gasteiger partial charge in [0, 0.05) is 5.25 Å². The van der Waals surface area contributed by atoms with Crippen molar-refractivity contribution in [2.24, 2.45) is 0 Å². The molecule has 2 heteroatoms. The summed E-state index contributed by atoms with van der Waals surface area (Å²) < 4.78 is 11.5. The minimum Gasteiger partial charge on any atom is -0.281 e. The van der Waals surface area contributed by atoms with Crippen LogP contribution in [-0.4, -0.2) is 15.7 Å². The molecule has 1 nitrogen and oxygen atoms in total. The summed E-state index contributed by atoms with van der Waals surface area (Å²) in [6.07, 6.45) is 1.79. The Bertz CT molecular complexity index is 158. The fourth-order valence-corrected chi connectivity index (χ4v) is 1.32. The van der Waals surface area contributed by atoms with Gasteiger partial charge < -0.3 is 0 Å². The highest BCUT2D eigenvalue weighted by atomic mass is 32.2. The molecule has 0 bridgehead atoms. The quantitative estimate of drug-likeness (QED) is 0.588. The lowest BCUT2D eigenvalue weighted by Crippen LogP contribution is -2.21. The van der Waals surface area contributed by atoms with E-state index in [-0.39, 0.29) is 5.25 Å². The minimum absolute atomic E-state index is 0.245. The minimum atomic E-state index is -2.03. The first-order chi connectivity index (χ1) is 3.89. The van der Waals surface area contributed by atoms with Crippen LogP contribution in [0.1, 0.15) is 20.8 Å². The summed E-state index contributed by atoms with van der Waals surface area (Å²) in [5, 5.41) is 0.245. The molecule has 0 rings (SSSR count). The Morgan fingerprint density at radius 3 is 1.89 bits per heavy atom. The highest BCUT2D eigenvalue weighted by Gasteiger charge is 2.13. The van der Waals surface area contributed by atoms with Crippen LogP contribution in [-0.2, 0) is 9.93 Å². The summed E-state index contributed by atoms with van der Waals surface area (Å²) in [5.41, 5.74) is 0. The van der Waals surface area contributed by atoms with Crippen molar-refractivity contribution in [1.82, 2.24) is 0 Å². The molecule has 0 saturated carbocycles. The van der Waals surface area contributed by atoms with Crippen molar-refractivity contribution in [3.05, 3.63) is 11.5 Å². The van der Waals surface area contributed by atoms with Gasteiger partial charge in [0.2, 0.25) is 0 Å². The Balaban J connectivity index is 4.40. The molecule has 0 amide bonds. The molecule has 0 atom stereocenters. The van der Waals surface area contributed by atoms with Crippen molar-refractivity contribution in [2.45, 2.75) is 26.0 Å². The average Bonchev–Trinajstić information content (AvgIpc) is 1.65. The molecule has 0 aliphatic carbocycles. The lowest BCUT2D eigenvalue weighted by atomic mass is 10.6. The zero-order valence-corrected chi connectivity index (χ0v) is 7.53. The summed E-state index contributed by atoms with van der Waals surface area (Å²) in [4.78, 5) is 0.831. The molecule has 0 radical (unpaired) electrons. The zero-order chi connectivity index (χ0) is 7.65. The van der Waals surface area contributed by atoms with Crippen LogP contribution in [0, 0.1) is 0 Å². The van der Waals surface area contributed by atoms with E-state index in [4.69, 9.17) is 0 Å². The van der Waals surface area contributed by atoms with Crippen LogP contribution in [0.4, 0.5) is 0 Å². The normalized spacial score (nSPS) is 13.9. The number of hydrogen-bond acceptors (Lipinski definition) is 1. The van der Waals surface area contributed by atoms with E-state index in [0.717, 1.165) is 4.91 Å². The Morgan fingerprint density at radius 2 is 1.89 bits per heavy atom. The monoisotopic (exact) mass is 148 g/mol. The average molecular weight is 148 g/mol. The summed E-state index contributed by atoms with van der Waals surface area (Å²) in [6.45, 7) is 9.45. The number of thiol groups is 1. The third kappa shape index (κ3) is 1.94. The lowest BCUT2D eigenvalue weighted by Gasteiger charge is -2.22. The predicted octanol–water partition coefficient (Wildman–Crippen LogP) is 1.57. The predicted molar refractivity (Wildman–Crippen MR) is 45.4 cm³/mol. The van der Waals surface area contributed by atoms with Gasteiger partial charge in [0.1, 0.15) is 0 Å². The molecular weight excluding hydrogens is 132 g/mol. The van der Waals surface area contributed by atoms with E-state index in [9.17, 15) is 4.21 Å². The molecule has 0 N–H and O–H groups in total. The summed E-state index contributed by atoms with van der Waals surface area (Å²) in [5.74, 6) is 0. The van der Waals surface area contributed by atoms with Gasteiger partial charge in [0.15, 0.2) is 0 Å². The van der Waals surface area contributed by atoms with E-state index in [1.807, 2.05) is 20.8 Å². The first-order valence-electron chi connectivity index (χ1n) is 3.12. The Kier molecular flexibility index (Phi) is 2.62. The molecule has 0 aliphatic heterocycles. The van der Waals surface area contributed by atoms with Gasteiger partial charge in [-0.2, -0.15) is 0 Å². The van der Waals surface area contributed by atoms with Crippen molar-refractivity contribution in [1.29, 1.82) is 0 Å². The second kappa shape index (κ2) is 2.65. The summed E-state index contributed by atoms with van der Waals surface area (Å²) in [7, 11) is -2.03. The molecule has 0 spiro atoms. The van der Waals surface area contributed by atoms with E-state index in [2.05, 4.69) is 6.58 Å². The first-order valence-corrected chi connectivity index (χ1v) is 5.34.